The molecule has 0 saturated carbocycles. The topological polar surface area (TPSA) is 110 Å². The normalized spacial score (nSPS) is 39.7. The molecule has 2 rings (SSSR count). The van der Waals surface area contributed by atoms with E-state index in [0.29, 0.717) is 13.1 Å². The lowest BCUT2D eigenvalue weighted by atomic mass is 9.98. The minimum absolute atomic E-state index is 0.185. The minimum Gasteiger partial charge on any atom is -0.388 e. The van der Waals surface area contributed by atoms with Crippen LogP contribution in [0.15, 0.2) is 4.99 Å². The molecule has 2 saturated heterocycles. The van der Waals surface area contributed by atoms with Crippen molar-refractivity contribution in [1.29, 1.82) is 5.26 Å². The van der Waals surface area contributed by atoms with Crippen LogP contribution in [-0.2, 0) is 4.74 Å². The summed E-state index contributed by atoms with van der Waals surface area (Å²) in [5.41, 5.74) is -0.266. The van der Waals surface area contributed by atoms with Crippen molar-refractivity contribution in [2.24, 2.45) is 4.99 Å². The molecule has 0 aliphatic carbocycles. The van der Waals surface area contributed by atoms with E-state index in [-0.39, 0.29) is 18.0 Å². The second-order valence-corrected chi connectivity index (χ2v) is 5.47. The highest BCUT2D eigenvalue weighted by atomic mass is 32.2. The first-order chi connectivity index (χ1) is 9.17. The fourth-order valence-corrected chi connectivity index (χ4v) is 3.34. The van der Waals surface area contributed by atoms with Gasteiger partial charge in [-0.1, -0.05) is 11.8 Å². The number of hydrogen-bond donors (Lipinski definition) is 4. The van der Waals surface area contributed by atoms with E-state index in [1.165, 1.54) is 11.8 Å². The number of ether oxygens (including phenoxy) is 1. The Balaban J connectivity index is 1.98. The highest BCUT2D eigenvalue weighted by molar-refractivity contribution is 8.14. The van der Waals surface area contributed by atoms with E-state index in [1.807, 2.05) is 13.0 Å². The number of rotatable bonds is 4. The molecule has 5 unspecified atom stereocenters. The fraction of sp³-hybridized carbons (Fsp3) is 0.818. The van der Waals surface area contributed by atoms with Crippen LogP contribution in [0.3, 0.4) is 0 Å². The van der Waals surface area contributed by atoms with E-state index in [4.69, 9.17) is 10.00 Å². The highest BCUT2D eigenvalue weighted by Gasteiger charge is 2.48. The predicted octanol–water partition coefficient (Wildman–Crippen LogP) is -1.37. The van der Waals surface area contributed by atoms with Gasteiger partial charge in [0.05, 0.1) is 18.7 Å². The van der Waals surface area contributed by atoms with E-state index in [2.05, 4.69) is 15.6 Å². The zero-order valence-corrected chi connectivity index (χ0v) is 11.4. The summed E-state index contributed by atoms with van der Waals surface area (Å²) in [6.45, 7) is 3.10. The third kappa shape index (κ3) is 3.19. The average molecular weight is 286 g/mol. The quantitative estimate of drug-likeness (QED) is 0.373. The maximum atomic E-state index is 10.1. The molecule has 0 aromatic heterocycles. The van der Waals surface area contributed by atoms with Gasteiger partial charge in [-0.2, -0.15) is 5.26 Å². The molecule has 8 heteroatoms. The molecule has 0 aromatic rings. The lowest BCUT2D eigenvalue weighted by molar-refractivity contribution is -0.153. The maximum Gasteiger partial charge on any atom is 0.159 e. The molecule has 0 amide bonds. The Kier molecular flexibility index (Phi) is 5.01. The van der Waals surface area contributed by atoms with E-state index in [0.717, 1.165) is 5.17 Å². The van der Waals surface area contributed by atoms with Gasteiger partial charge in [0.1, 0.15) is 23.7 Å². The first kappa shape index (κ1) is 14.6. The Morgan fingerprint density at radius 1 is 1.53 bits per heavy atom. The van der Waals surface area contributed by atoms with Crippen LogP contribution in [0.5, 0.6) is 0 Å². The largest absolute Gasteiger partial charge is 0.388 e. The second-order valence-electron chi connectivity index (χ2n) is 4.38. The Labute approximate surface area is 116 Å². The molecule has 0 radical (unpaired) electrons. The van der Waals surface area contributed by atoms with Crippen molar-refractivity contribution in [3.8, 4) is 6.07 Å². The molecule has 2 fully saturated rings. The molecule has 2 aliphatic heterocycles. The van der Waals surface area contributed by atoms with Crippen molar-refractivity contribution in [3.05, 3.63) is 0 Å². The molecule has 0 aromatic carbocycles. The first-order valence-corrected chi connectivity index (χ1v) is 7.12. The summed E-state index contributed by atoms with van der Waals surface area (Å²) in [4.78, 5) is 4.24. The van der Waals surface area contributed by atoms with Crippen molar-refractivity contribution in [3.63, 3.8) is 0 Å². The molecular formula is C11H18N4O3S. The number of thioether (sulfide) groups is 1. The number of amidine groups is 1. The van der Waals surface area contributed by atoms with Gasteiger partial charge in [-0.05, 0) is 6.92 Å². The lowest BCUT2D eigenvalue weighted by Gasteiger charge is -2.38. The van der Waals surface area contributed by atoms with Crippen molar-refractivity contribution < 1.29 is 14.9 Å². The van der Waals surface area contributed by atoms with E-state index >= 15 is 0 Å². The standard InChI is InChI=1S/C11H18N4O3S/c1-2-14-11-15-7-9(17)8(16)6(5-13-4-3-12)18-10(7)19-11/h6-10,13,16-17H,2,4-5H2,1H3,(H,14,15). The zero-order valence-electron chi connectivity index (χ0n) is 10.6. The number of nitriles is 1. The van der Waals surface area contributed by atoms with Gasteiger partial charge >= 0.3 is 0 Å². The van der Waals surface area contributed by atoms with Crippen LogP contribution in [0.1, 0.15) is 6.92 Å². The van der Waals surface area contributed by atoms with Crippen LogP contribution in [0.2, 0.25) is 0 Å². The summed E-state index contributed by atoms with van der Waals surface area (Å²) in [5, 5.41) is 35.2. The van der Waals surface area contributed by atoms with Gasteiger partial charge in [0.25, 0.3) is 0 Å². The van der Waals surface area contributed by atoms with Crippen LogP contribution >= 0.6 is 11.8 Å². The molecule has 4 N–H and O–H groups in total. The average Bonchev–Trinajstić information content (AvgIpc) is 2.79. The third-order valence-corrected chi connectivity index (χ3v) is 4.18. The summed E-state index contributed by atoms with van der Waals surface area (Å²) in [7, 11) is 0. The number of aliphatic hydroxyl groups excluding tert-OH is 2. The van der Waals surface area contributed by atoms with Gasteiger partial charge in [0, 0.05) is 13.1 Å². The first-order valence-electron chi connectivity index (χ1n) is 6.24. The van der Waals surface area contributed by atoms with E-state index in [9.17, 15) is 10.2 Å². The molecule has 19 heavy (non-hydrogen) atoms. The summed E-state index contributed by atoms with van der Waals surface area (Å²) < 4.78 is 5.75. The van der Waals surface area contributed by atoms with E-state index in [1.54, 1.807) is 0 Å². The Bertz CT molecular complexity index is 387. The summed E-state index contributed by atoms with van der Waals surface area (Å²) >= 11 is 1.42. The van der Waals surface area contributed by atoms with Crippen LogP contribution < -0.4 is 10.6 Å². The van der Waals surface area contributed by atoms with Gasteiger partial charge in [-0.3, -0.25) is 4.99 Å². The molecule has 2 aliphatic rings. The summed E-state index contributed by atoms with van der Waals surface area (Å²) in [6, 6.07) is 1.61. The summed E-state index contributed by atoms with van der Waals surface area (Å²) in [5.74, 6) is 0. The smallest absolute Gasteiger partial charge is 0.159 e. The van der Waals surface area contributed by atoms with Crippen molar-refractivity contribution >= 4 is 16.9 Å². The van der Waals surface area contributed by atoms with Crippen molar-refractivity contribution in [1.82, 2.24) is 10.6 Å². The maximum absolute atomic E-state index is 10.1. The molecule has 106 valence electrons. The van der Waals surface area contributed by atoms with Gasteiger partial charge in [-0.25, -0.2) is 0 Å². The predicted molar refractivity (Wildman–Crippen MR) is 71.6 cm³/mol. The molecular weight excluding hydrogens is 268 g/mol. The molecule has 5 atom stereocenters. The van der Waals surface area contributed by atoms with Crippen LogP contribution in [0.4, 0.5) is 0 Å². The SMILES string of the molecule is CCN=C1NC2C(OC(CNCC#N)C(O)C2O)S1. The van der Waals surface area contributed by atoms with Crippen molar-refractivity contribution in [2.45, 2.75) is 36.7 Å². The minimum atomic E-state index is -0.985. The van der Waals surface area contributed by atoms with E-state index < -0.39 is 18.3 Å². The summed E-state index contributed by atoms with van der Waals surface area (Å²) in [6.07, 6.45) is -2.42. The molecule has 0 bridgehead atoms. The number of nitrogens with one attached hydrogen (secondary N) is 2. The van der Waals surface area contributed by atoms with Gasteiger partial charge in [-0.15, -0.1) is 0 Å². The van der Waals surface area contributed by atoms with Crippen LogP contribution in [0.25, 0.3) is 0 Å². The van der Waals surface area contributed by atoms with Gasteiger partial charge < -0.3 is 25.6 Å². The highest BCUT2D eigenvalue weighted by Crippen LogP contribution is 2.33. The Morgan fingerprint density at radius 2 is 2.32 bits per heavy atom. The monoisotopic (exact) mass is 286 g/mol. The van der Waals surface area contributed by atoms with Gasteiger partial charge in [0.2, 0.25) is 0 Å². The van der Waals surface area contributed by atoms with Crippen LogP contribution in [0, 0.1) is 11.3 Å². The number of nitrogens with zero attached hydrogens (tertiary/aromatic N) is 2. The lowest BCUT2D eigenvalue weighted by Crippen LogP contribution is -2.60. The number of aliphatic imine (C=N–C) groups is 1. The van der Waals surface area contributed by atoms with Crippen molar-refractivity contribution in [2.75, 3.05) is 19.6 Å². The number of hydrogen-bond acceptors (Lipinski definition) is 7. The fourth-order valence-electron chi connectivity index (χ4n) is 2.14. The number of aliphatic hydroxyl groups is 2. The third-order valence-electron chi connectivity index (χ3n) is 3.07. The second kappa shape index (κ2) is 6.54. The molecule has 2 heterocycles. The van der Waals surface area contributed by atoms with Gasteiger partial charge in [0.15, 0.2) is 5.17 Å². The van der Waals surface area contributed by atoms with Crippen LogP contribution in [-0.4, -0.2) is 64.8 Å². The Hall–Kier alpha value is -0.850. The molecule has 7 nitrogen and oxygen atoms in total. The number of fused-ring (bicyclic) bond motifs is 1. The zero-order chi connectivity index (χ0) is 13.8. The Morgan fingerprint density at radius 3 is 3.00 bits per heavy atom. The molecule has 0 spiro atoms.